The number of nitrogens with zero attached hydrogens (tertiary/aromatic N) is 2. The van der Waals surface area contributed by atoms with Crippen LogP contribution in [0.3, 0.4) is 0 Å². The van der Waals surface area contributed by atoms with Gasteiger partial charge >= 0.3 is 0 Å². The summed E-state index contributed by atoms with van der Waals surface area (Å²) >= 11 is 5.67. The molecule has 0 bridgehead atoms. The summed E-state index contributed by atoms with van der Waals surface area (Å²) in [5.41, 5.74) is 0. The fraction of sp³-hybridized carbons (Fsp3) is 0.857. The molecule has 1 rings (SSSR count). The van der Waals surface area contributed by atoms with Crippen molar-refractivity contribution in [3.05, 3.63) is 0 Å². The first-order chi connectivity index (χ1) is 8.97. The normalized spacial score (nSPS) is 17.9. The summed E-state index contributed by atoms with van der Waals surface area (Å²) in [7, 11) is 3.51. The van der Waals surface area contributed by atoms with Crippen LogP contribution in [0.25, 0.3) is 0 Å². The van der Waals surface area contributed by atoms with Gasteiger partial charge < -0.3 is 9.80 Å². The van der Waals surface area contributed by atoms with Gasteiger partial charge in [-0.3, -0.25) is 9.59 Å². The average molecular weight is 289 g/mol. The zero-order valence-corrected chi connectivity index (χ0v) is 12.9. The third-order valence-electron chi connectivity index (χ3n) is 3.92. The number of likely N-dealkylation sites (N-methyl/N-ethyl adjacent to an activating group) is 2. The summed E-state index contributed by atoms with van der Waals surface area (Å²) < 4.78 is 0. The van der Waals surface area contributed by atoms with Crippen LogP contribution >= 0.6 is 11.6 Å². The Hall–Kier alpha value is -0.770. The second-order valence-electron chi connectivity index (χ2n) is 5.55. The van der Waals surface area contributed by atoms with Crippen molar-refractivity contribution < 1.29 is 9.59 Å². The lowest BCUT2D eigenvalue weighted by molar-refractivity contribution is -0.141. The number of hydrogen-bond acceptors (Lipinski definition) is 2. The molecule has 0 radical (unpaired) electrons. The number of halogens is 1. The molecule has 1 unspecified atom stereocenters. The van der Waals surface area contributed by atoms with Gasteiger partial charge in [-0.1, -0.05) is 26.2 Å². The van der Waals surface area contributed by atoms with Gasteiger partial charge in [-0.25, -0.2) is 0 Å². The molecule has 0 aliphatic heterocycles. The molecule has 110 valence electrons. The minimum Gasteiger partial charge on any atom is -0.341 e. The van der Waals surface area contributed by atoms with Gasteiger partial charge in [0.1, 0.15) is 0 Å². The molecule has 0 heterocycles. The Labute approximate surface area is 121 Å². The topological polar surface area (TPSA) is 40.6 Å². The van der Waals surface area contributed by atoms with Gasteiger partial charge in [-0.2, -0.15) is 0 Å². The molecule has 0 aromatic heterocycles. The van der Waals surface area contributed by atoms with E-state index in [9.17, 15) is 9.59 Å². The van der Waals surface area contributed by atoms with Crippen molar-refractivity contribution in [3.63, 3.8) is 0 Å². The maximum atomic E-state index is 12.2. The number of amides is 2. The highest BCUT2D eigenvalue weighted by Gasteiger charge is 2.25. The molecule has 1 atom stereocenters. The molecule has 1 fully saturated rings. The second kappa shape index (κ2) is 7.73. The van der Waals surface area contributed by atoms with Crippen molar-refractivity contribution in [2.75, 3.05) is 26.5 Å². The number of alkyl halides is 1. The van der Waals surface area contributed by atoms with Crippen LogP contribution in [-0.2, 0) is 9.59 Å². The van der Waals surface area contributed by atoms with E-state index < -0.39 is 0 Å². The van der Waals surface area contributed by atoms with E-state index in [1.807, 2.05) is 11.9 Å². The Morgan fingerprint density at radius 2 is 1.79 bits per heavy atom. The van der Waals surface area contributed by atoms with Gasteiger partial charge in [0.05, 0.1) is 6.54 Å². The van der Waals surface area contributed by atoms with Crippen LogP contribution in [0.2, 0.25) is 0 Å². The third-order valence-corrected chi connectivity index (χ3v) is 4.38. The van der Waals surface area contributed by atoms with Gasteiger partial charge in [-0.15, -0.1) is 11.6 Å². The van der Waals surface area contributed by atoms with E-state index in [1.165, 1.54) is 24.2 Å². The van der Waals surface area contributed by atoms with Crippen LogP contribution in [0.1, 0.15) is 39.0 Å². The maximum absolute atomic E-state index is 12.2. The lowest BCUT2D eigenvalue weighted by Crippen LogP contribution is -2.45. The largest absolute Gasteiger partial charge is 0.341 e. The molecule has 0 aromatic rings. The SMILES string of the molecule is CC(CCl)C(=O)N(C)CC(=O)N(C)C1CCCCC1. The number of hydrogen-bond donors (Lipinski definition) is 0. The number of rotatable bonds is 5. The van der Waals surface area contributed by atoms with Crippen LogP contribution in [0.5, 0.6) is 0 Å². The van der Waals surface area contributed by atoms with Crippen molar-refractivity contribution in [2.45, 2.75) is 45.1 Å². The first kappa shape index (κ1) is 16.3. The molecular formula is C14H25ClN2O2. The van der Waals surface area contributed by atoms with Crippen LogP contribution < -0.4 is 0 Å². The van der Waals surface area contributed by atoms with Crippen molar-refractivity contribution in [1.29, 1.82) is 0 Å². The zero-order valence-electron chi connectivity index (χ0n) is 12.2. The summed E-state index contributed by atoms with van der Waals surface area (Å²) in [6.07, 6.45) is 5.82. The van der Waals surface area contributed by atoms with Crippen LogP contribution in [0, 0.1) is 5.92 Å². The molecule has 19 heavy (non-hydrogen) atoms. The molecule has 0 spiro atoms. The Morgan fingerprint density at radius 3 is 2.32 bits per heavy atom. The Bertz CT molecular complexity index is 317. The maximum Gasteiger partial charge on any atom is 0.242 e. The molecule has 2 amide bonds. The molecule has 4 nitrogen and oxygen atoms in total. The minimum absolute atomic E-state index is 0.0181. The van der Waals surface area contributed by atoms with Crippen molar-refractivity contribution in [1.82, 2.24) is 9.80 Å². The zero-order chi connectivity index (χ0) is 14.4. The predicted molar refractivity (Wildman–Crippen MR) is 77.2 cm³/mol. The second-order valence-corrected chi connectivity index (χ2v) is 5.85. The molecule has 0 saturated heterocycles. The van der Waals surface area contributed by atoms with E-state index in [1.54, 1.807) is 14.0 Å². The monoisotopic (exact) mass is 288 g/mol. The molecule has 0 N–H and O–H groups in total. The lowest BCUT2D eigenvalue weighted by Gasteiger charge is -2.32. The number of carbonyl (C=O) groups is 2. The van der Waals surface area contributed by atoms with E-state index in [4.69, 9.17) is 11.6 Å². The van der Waals surface area contributed by atoms with E-state index in [0.29, 0.717) is 6.04 Å². The highest BCUT2D eigenvalue weighted by molar-refractivity contribution is 6.19. The summed E-state index contributed by atoms with van der Waals surface area (Å²) in [4.78, 5) is 27.3. The first-order valence-electron chi connectivity index (χ1n) is 7.04. The highest BCUT2D eigenvalue weighted by Crippen LogP contribution is 2.21. The lowest BCUT2D eigenvalue weighted by atomic mass is 9.94. The molecule has 1 aliphatic rings. The summed E-state index contributed by atoms with van der Waals surface area (Å²) in [6, 6.07) is 0.343. The average Bonchev–Trinajstić information content (AvgIpc) is 2.45. The van der Waals surface area contributed by atoms with Crippen LogP contribution in [0.4, 0.5) is 0 Å². The van der Waals surface area contributed by atoms with Crippen LogP contribution in [0.15, 0.2) is 0 Å². The number of carbonyl (C=O) groups excluding carboxylic acids is 2. The van der Waals surface area contributed by atoms with E-state index in [-0.39, 0.29) is 30.2 Å². The quantitative estimate of drug-likeness (QED) is 0.727. The molecule has 1 saturated carbocycles. The standard InChI is InChI=1S/C14H25ClN2O2/c1-11(9-15)14(19)16(2)10-13(18)17(3)12-7-5-4-6-8-12/h11-12H,4-10H2,1-3H3. The minimum atomic E-state index is -0.237. The summed E-state index contributed by atoms with van der Waals surface area (Å²) in [5, 5.41) is 0. The highest BCUT2D eigenvalue weighted by atomic mass is 35.5. The molecule has 5 heteroatoms. The molecule has 0 aromatic carbocycles. The van der Waals surface area contributed by atoms with Crippen molar-refractivity contribution in [2.24, 2.45) is 5.92 Å². The summed E-state index contributed by atoms with van der Waals surface area (Å²) in [5.74, 6) is -0.0000925. The predicted octanol–water partition coefficient (Wildman–Crippen LogP) is 2.11. The fourth-order valence-electron chi connectivity index (χ4n) is 2.51. The van der Waals surface area contributed by atoms with Gasteiger partial charge in [0.25, 0.3) is 0 Å². The van der Waals surface area contributed by atoms with E-state index in [0.717, 1.165) is 12.8 Å². The fourth-order valence-corrected chi connectivity index (χ4v) is 2.64. The van der Waals surface area contributed by atoms with E-state index in [2.05, 4.69) is 0 Å². The smallest absolute Gasteiger partial charge is 0.242 e. The first-order valence-corrected chi connectivity index (χ1v) is 7.57. The van der Waals surface area contributed by atoms with Crippen molar-refractivity contribution >= 4 is 23.4 Å². The van der Waals surface area contributed by atoms with Gasteiger partial charge in [0, 0.05) is 31.9 Å². The Balaban J connectivity index is 2.46. The van der Waals surface area contributed by atoms with Gasteiger partial charge in [-0.05, 0) is 12.8 Å². The van der Waals surface area contributed by atoms with Gasteiger partial charge in [0.15, 0.2) is 0 Å². The van der Waals surface area contributed by atoms with Gasteiger partial charge in [0.2, 0.25) is 11.8 Å². The Morgan fingerprint density at radius 1 is 1.21 bits per heavy atom. The van der Waals surface area contributed by atoms with Crippen LogP contribution in [-0.4, -0.2) is 54.2 Å². The van der Waals surface area contributed by atoms with Crippen molar-refractivity contribution in [3.8, 4) is 0 Å². The Kier molecular flexibility index (Phi) is 6.63. The third kappa shape index (κ3) is 4.68. The molecule has 1 aliphatic carbocycles. The summed E-state index contributed by atoms with van der Waals surface area (Å²) in [6.45, 7) is 1.92. The van der Waals surface area contributed by atoms with E-state index >= 15 is 0 Å². The molecular weight excluding hydrogens is 264 g/mol.